The first-order chi connectivity index (χ1) is 16.2. The second-order valence-electron chi connectivity index (χ2n) is 15.1. The van der Waals surface area contributed by atoms with Gasteiger partial charge in [-0.3, -0.25) is 4.79 Å². The van der Waals surface area contributed by atoms with E-state index in [2.05, 4.69) is 66.1 Å². The highest BCUT2D eigenvalue weighted by Gasteiger charge is 2.69. The summed E-state index contributed by atoms with van der Waals surface area (Å²) in [5.41, 5.74) is 2.64. The quantitative estimate of drug-likeness (QED) is 0.427. The summed E-state index contributed by atoms with van der Waals surface area (Å²) in [6.45, 7) is 17.0. The molecule has 1 aromatic rings. The van der Waals surface area contributed by atoms with Crippen molar-refractivity contribution in [2.75, 3.05) is 0 Å². The third kappa shape index (κ3) is 2.75. The lowest BCUT2D eigenvalue weighted by atomic mass is 9.34. The van der Waals surface area contributed by atoms with E-state index in [4.69, 9.17) is 4.52 Å². The molecule has 35 heavy (non-hydrogen) atoms. The zero-order valence-electron chi connectivity index (χ0n) is 22.8. The first-order valence-corrected chi connectivity index (χ1v) is 13.9. The van der Waals surface area contributed by atoms with Gasteiger partial charge in [-0.2, -0.15) is 0 Å². The average molecular weight is 479 g/mol. The molecular formula is C31H44NO3. The number of carboxylic acids is 1. The Morgan fingerprint density at radius 1 is 1.06 bits per heavy atom. The van der Waals surface area contributed by atoms with Crippen LogP contribution in [0.3, 0.4) is 0 Å². The number of rotatable bonds is 1. The summed E-state index contributed by atoms with van der Waals surface area (Å²) >= 11 is 0. The van der Waals surface area contributed by atoms with E-state index < -0.39 is 11.4 Å². The Bertz CT molecular complexity index is 1110. The van der Waals surface area contributed by atoms with Crippen molar-refractivity contribution in [3.63, 3.8) is 0 Å². The van der Waals surface area contributed by atoms with E-state index in [0.29, 0.717) is 11.8 Å². The number of allylic oxidation sites excluding steroid dienone is 2. The molecule has 3 fully saturated rings. The van der Waals surface area contributed by atoms with Crippen molar-refractivity contribution in [2.45, 2.75) is 105 Å². The Balaban J connectivity index is 1.47. The van der Waals surface area contributed by atoms with Crippen molar-refractivity contribution >= 4 is 5.97 Å². The number of carboxylic acid groups (broad SMARTS) is 1. The lowest BCUT2D eigenvalue weighted by Crippen LogP contribution is -2.64. The van der Waals surface area contributed by atoms with Crippen molar-refractivity contribution in [1.82, 2.24) is 5.16 Å². The minimum absolute atomic E-state index is 0.0382. The van der Waals surface area contributed by atoms with Crippen LogP contribution in [-0.2, 0) is 16.6 Å². The zero-order chi connectivity index (χ0) is 25.2. The van der Waals surface area contributed by atoms with E-state index in [-0.39, 0.29) is 33.0 Å². The van der Waals surface area contributed by atoms with Crippen LogP contribution in [0, 0.1) is 51.2 Å². The molecule has 2 unspecified atom stereocenters. The van der Waals surface area contributed by atoms with E-state index in [1.54, 1.807) is 0 Å². The van der Waals surface area contributed by atoms with Gasteiger partial charge in [0.1, 0.15) is 5.76 Å². The van der Waals surface area contributed by atoms with Crippen LogP contribution < -0.4 is 0 Å². The number of nitrogens with zero attached hydrogens (tertiary/aromatic N) is 1. The molecule has 7 atom stereocenters. The average Bonchev–Trinajstić information content (AvgIpc) is 3.22. The Kier molecular flexibility index (Phi) is 4.65. The highest BCUT2D eigenvalue weighted by atomic mass is 16.5. The number of hydrogen-bond acceptors (Lipinski definition) is 3. The number of hydrogen-bond donors (Lipinski definition) is 1. The van der Waals surface area contributed by atoms with Crippen molar-refractivity contribution in [3.8, 4) is 0 Å². The zero-order valence-corrected chi connectivity index (χ0v) is 22.8. The molecule has 0 spiro atoms. The Morgan fingerprint density at radius 3 is 2.49 bits per heavy atom. The van der Waals surface area contributed by atoms with Crippen LogP contribution in [0.15, 0.2) is 22.4 Å². The molecule has 4 nitrogen and oxygen atoms in total. The summed E-state index contributed by atoms with van der Waals surface area (Å²) in [4.78, 5) is 12.8. The molecule has 191 valence electrons. The molecule has 5 aliphatic rings. The molecule has 6 rings (SSSR count). The monoisotopic (exact) mass is 478 g/mol. The number of fused-ring (bicyclic) bond motifs is 8. The minimum atomic E-state index is -0.570. The van der Waals surface area contributed by atoms with Gasteiger partial charge in [0, 0.05) is 11.0 Å². The highest BCUT2D eigenvalue weighted by Crippen LogP contribution is 2.75. The first kappa shape index (κ1) is 23.8. The van der Waals surface area contributed by atoms with Gasteiger partial charge in [0.2, 0.25) is 0 Å². The third-order valence-electron chi connectivity index (χ3n) is 12.6. The van der Waals surface area contributed by atoms with Crippen LogP contribution in [0.5, 0.6) is 0 Å². The van der Waals surface area contributed by atoms with Crippen molar-refractivity contribution in [2.24, 2.45) is 44.8 Å². The second kappa shape index (κ2) is 6.84. The largest absolute Gasteiger partial charge is 0.481 e. The summed E-state index contributed by atoms with van der Waals surface area (Å²) in [6.07, 6.45) is 15.0. The predicted molar refractivity (Wildman–Crippen MR) is 137 cm³/mol. The van der Waals surface area contributed by atoms with Crippen LogP contribution in [0.4, 0.5) is 0 Å². The standard InChI is InChI=1S/C31H44NO3/c1-26(2)12-14-31(25(33)34)15-13-29(6)20(21(31)17-26)8-9-23-28(5)16-19-18-32-35-24(19)27(3,4)22(28)10-11-30(23,29)7/h8,10,18,21-23H,9,11-17H2,1-7H3,(H,33,34)/t21?,22?,23-,28+,29-,30-,31+/m1/s1. The van der Waals surface area contributed by atoms with Gasteiger partial charge in [-0.05, 0) is 97.2 Å². The predicted octanol–water partition coefficient (Wildman–Crippen LogP) is 7.39. The summed E-state index contributed by atoms with van der Waals surface area (Å²) in [7, 11) is 0. The van der Waals surface area contributed by atoms with Crippen LogP contribution >= 0.6 is 0 Å². The molecule has 0 aromatic carbocycles. The van der Waals surface area contributed by atoms with E-state index in [0.717, 1.165) is 57.1 Å². The lowest BCUT2D eigenvalue weighted by molar-refractivity contribution is -0.171. The minimum Gasteiger partial charge on any atom is -0.481 e. The Labute approximate surface area is 211 Å². The van der Waals surface area contributed by atoms with Crippen LogP contribution in [0.25, 0.3) is 0 Å². The van der Waals surface area contributed by atoms with Gasteiger partial charge < -0.3 is 9.63 Å². The molecule has 0 bridgehead atoms. The fourth-order valence-corrected chi connectivity index (χ4v) is 10.6. The third-order valence-corrected chi connectivity index (χ3v) is 12.6. The molecule has 5 aliphatic carbocycles. The van der Waals surface area contributed by atoms with Crippen LogP contribution in [0.2, 0.25) is 0 Å². The van der Waals surface area contributed by atoms with Gasteiger partial charge in [-0.15, -0.1) is 0 Å². The van der Waals surface area contributed by atoms with Crippen molar-refractivity contribution in [3.05, 3.63) is 35.6 Å². The maximum Gasteiger partial charge on any atom is 0.310 e. The maximum atomic E-state index is 12.8. The second-order valence-corrected chi connectivity index (χ2v) is 15.1. The molecule has 4 heteroatoms. The molecule has 0 amide bonds. The van der Waals surface area contributed by atoms with E-state index in [9.17, 15) is 9.90 Å². The summed E-state index contributed by atoms with van der Waals surface area (Å²) in [5.74, 6) is 1.69. The smallest absolute Gasteiger partial charge is 0.310 e. The van der Waals surface area contributed by atoms with E-state index in [1.807, 2.05) is 6.20 Å². The summed E-state index contributed by atoms with van der Waals surface area (Å²) in [5, 5.41) is 14.8. The van der Waals surface area contributed by atoms with Gasteiger partial charge in [0.15, 0.2) is 0 Å². The van der Waals surface area contributed by atoms with Gasteiger partial charge in [-0.25, -0.2) is 0 Å². The number of carbonyl (C=O) groups is 1. The highest BCUT2D eigenvalue weighted by molar-refractivity contribution is 5.76. The topological polar surface area (TPSA) is 63.3 Å². The molecule has 0 saturated heterocycles. The molecule has 1 heterocycles. The van der Waals surface area contributed by atoms with Gasteiger partial charge >= 0.3 is 5.97 Å². The van der Waals surface area contributed by atoms with E-state index in [1.165, 1.54) is 11.1 Å². The molecule has 0 aliphatic heterocycles. The summed E-state index contributed by atoms with van der Waals surface area (Å²) in [6, 6.07) is 0. The van der Waals surface area contributed by atoms with Crippen LogP contribution in [0.1, 0.15) is 105 Å². The lowest BCUT2D eigenvalue weighted by Gasteiger charge is -2.70. The molecular weight excluding hydrogens is 434 g/mol. The van der Waals surface area contributed by atoms with Gasteiger partial charge in [0.25, 0.3) is 0 Å². The van der Waals surface area contributed by atoms with Crippen molar-refractivity contribution < 1.29 is 14.4 Å². The summed E-state index contributed by atoms with van der Waals surface area (Å²) < 4.78 is 5.81. The van der Waals surface area contributed by atoms with E-state index >= 15 is 0 Å². The first-order valence-electron chi connectivity index (χ1n) is 13.9. The van der Waals surface area contributed by atoms with Crippen molar-refractivity contribution in [1.29, 1.82) is 0 Å². The molecule has 1 radical (unpaired) electrons. The number of aliphatic carboxylic acids is 1. The molecule has 1 aromatic heterocycles. The molecule has 3 saturated carbocycles. The Hall–Kier alpha value is -1.58. The fourth-order valence-electron chi connectivity index (χ4n) is 10.6. The number of aromatic nitrogens is 1. The fraction of sp³-hybridized carbons (Fsp3) is 0.774. The normalized spacial score (nSPS) is 47.3. The van der Waals surface area contributed by atoms with Gasteiger partial charge in [-0.1, -0.05) is 65.3 Å². The van der Waals surface area contributed by atoms with Gasteiger partial charge in [0.05, 0.1) is 11.6 Å². The Morgan fingerprint density at radius 2 is 1.77 bits per heavy atom. The SMILES string of the molecule is CC1(C)CC[C@]2(C(=O)O)CC[C@]3(C)C(=CC[C@@H]4[C@@]5(C)Cc6cnoc6C(C)(C)C5[CH]C[C@]43C)C2C1. The maximum absolute atomic E-state index is 12.8. The molecule has 1 N–H and O–H groups in total. The van der Waals surface area contributed by atoms with Crippen LogP contribution in [-0.4, -0.2) is 16.2 Å².